The highest BCUT2D eigenvalue weighted by Crippen LogP contribution is 2.21. The lowest BCUT2D eigenvalue weighted by molar-refractivity contribution is 0.449. The summed E-state index contributed by atoms with van der Waals surface area (Å²) < 4.78 is 2.10. The molecule has 0 fully saturated rings. The zero-order chi connectivity index (χ0) is 13.7. The molecule has 102 valence electrons. The fraction of sp³-hybridized carbons (Fsp3) is 0.438. The van der Waals surface area contributed by atoms with Crippen LogP contribution in [0.5, 0.6) is 0 Å². The third kappa shape index (κ3) is 3.44. The summed E-state index contributed by atoms with van der Waals surface area (Å²) in [5.41, 5.74) is 1.39. The van der Waals surface area contributed by atoms with Crippen LogP contribution in [0, 0.1) is 0 Å². The molecule has 0 saturated heterocycles. The van der Waals surface area contributed by atoms with Crippen molar-refractivity contribution >= 4 is 0 Å². The largest absolute Gasteiger partial charge is 0.338 e. The third-order valence-electron chi connectivity index (χ3n) is 3.90. The Balaban J connectivity index is 1.98. The van der Waals surface area contributed by atoms with E-state index in [0.717, 1.165) is 18.7 Å². The highest BCUT2D eigenvalue weighted by atomic mass is 15.0. The van der Waals surface area contributed by atoms with Gasteiger partial charge in [-0.2, -0.15) is 0 Å². The van der Waals surface area contributed by atoms with Crippen molar-refractivity contribution in [2.75, 3.05) is 7.05 Å². The van der Waals surface area contributed by atoms with Gasteiger partial charge in [-0.1, -0.05) is 37.3 Å². The molecule has 0 aliphatic rings. The van der Waals surface area contributed by atoms with E-state index < -0.39 is 0 Å². The second-order valence-electron chi connectivity index (χ2n) is 5.09. The van der Waals surface area contributed by atoms with Crippen molar-refractivity contribution in [1.29, 1.82) is 0 Å². The zero-order valence-electron chi connectivity index (χ0n) is 12.0. The van der Waals surface area contributed by atoms with Gasteiger partial charge in [0.25, 0.3) is 0 Å². The van der Waals surface area contributed by atoms with Gasteiger partial charge in [-0.3, -0.25) is 0 Å². The Morgan fingerprint density at radius 2 is 2.00 bits per heavy atom. The molecule has 1 aromatic carbocycles. The number of aromatic nitrogens is 2. The van der Waals surface area contributed by atoms with E-state index in [1.165, 1.54) is 5.56 Å². The second-order valence-corrected chi connectivity index (χ2v) is 5.09. The quantitative estimate of drug-likeness (QED) is 0.862. The van der Waals surface area contributed by atoms with Crippen LogP contribution < -0.4 is 5.32 Å². The Morgan fingerprint density at radius 3 is 2.58 bits per heavy atom. The zero-order valence-corrected chi connectivity index (χ0v) is 12.0. The molecule has 0 bridgehead atoms. The van der Waals surface area contributed by atoms with Crippen molar-refractivity contribution in [2.45, 2.75) is 31.7 Å². The van der Waals surface area contributed by atoms with Crippen LogP contribution in [0.2, 0.25) is 0 Å². The second kappa shape index (κ2) is 6.53. The van der Waals surface area contributed by atoms with Gasteiger partial charge in [0.1, 0.15) is 5.82 Å². The number of hydrogen-bond donors (Lipinski definition) is 1. The minimum absolute atomic E-state index is 0.471. The molecule has 1 aromatic heterocycles. The molecule has 2 aromatic rings. The molecule has 3 nitrogen and oxygen atoms in total. The fourth-order valence-corrected chi connectivity index (χ4v) is 2.56. The topological polar surface area (TPSA) is 29.9 Å². The van der Waals surface area contributed by atoms with Gasteiger partial charge in [0.05, 0.1) is 0 Å². The Morgan fingerprint density at radius 1 is 1.26 bits per heavy atom. The summed E-state index contributed by atoms with van der Waals surface area (Å²) in [5, 5.41) is 3.45. The fourth-order valence-electron chi connectivity index (χ4n) is 2.56. The van der Waals surface area contributed by atoms with Crippen molar-refractivity contribution in [3.8, 4) is 0 Å². The van der Waals surface area contributed by atoms with Crippen LogP contribution in [0.15, 0.2) is 42.7 Å². The van der Waals surface area contributed by atoms with Gasteiger partial charge < -0.3 is 9.88 Å². The minimum Gasteiger partial charge on any atom is -0.338 e. The first-order chi connectivity index (χ1) is 9.22. The summed E-state index contributed by atoms with van der Waals surface area (Å²) in [6.45, 7) is 2.29. The van der Waals surface area contributed by atoms with Crippen LogP contribution in [-0.2, 0) is 13.5 Å². The molecule has 0 saturated carbocycles. The standard InChI is InChI=1S/C16H23N3/c1-13(14-7-5-4-6-8-14)15(17-2)9-10-16-18-11-12-19(16)3/h4-8,11-13,15,17H,9-10H2,1-3H3. The molecule has 0 aliphatic heterocycles. The van der Waals surface area contributed by atoms with Crippen LogP contribution in [0.4, 0.5) is 0 Å². The molecule has 1 heterocycles. The highest BCUT2D eigenvalue weighted by Gasteiger charge is 2.17. The van der Waals surface area contributed by atoms with Crippen molar-refractivity contribution in [3.05, 3.63) is 54.1 Å². The van der Waals surface area contributed by atoms with Crippen molar-refractivity contribution in [3.63, 3.8) is 0 Å². The van der Waals surface area contributed by atoms with Crippen LogP contribution >= 0.6 is 0 Å². The summed E-state index contributed by atoms with van der Waals surface area (Å²) in [6, 6.07) is 11.2. The number of hydrogen-bond acceptors (Lipinski definition) is 2. The van der Waals surface area contributed by atoms with Gasteiger partial charge in [-0.25, -0.2) is 4.98 Å². The summed E-state index contributed by atoms with van der Waals surface area (Å²) in [5.74, 6) is 1.66. The van der Waals surface area contributed by atoms with E-state index in [4.69, 9.17) is 0 Å². The normalized spacial score (nSPS) is 14.3. The predicted molar refractivity (Wildman–Crippen MR) is 79.2 cm³/mol. The highest BCUT2D eigenvalue weighted by molar-refractivity contribution is 5.20. The van der Waals surface area contributed by atoms with E-state index >= 15 is 0 Å². The van der Waals surface area contributed by atoms with Crippen LogP contribution in [0.3, 0.4) is 0 Å². The Bertz CT molecular complexity index is 490. The van der Waals surface area contributed by atoms with Crippen LogP contribution in [-0.4, -0.2) is 22.6 Å². The molecular formula is C16H23N3. The Labute approximate surface area is 115 Å². The van der Waals surface area contributed by atoms with E-state index in [-0.39, 0.29) is 0 Å². The number of nitrogens with one attached hydrogen (secondary N) is 1. The summed E-state index contributed by atoms with van der Waals surface area (Å²) >= 11 is 0. The molecule has 3 heteroatoms. The average Bonchev–Trinajstić information content (AvgIpc) is 2.86. The van der Waals surface area contributed by atoms with E-state index in [0.29, 0.717) is 12.0 Å². The van der Waals surface area contributed by atoms with E-state index in [2.05, 4.69) is 59.2 Å². The van der Waals surface area contributed by atoms with Crippen molar-refractivity contribution in [1.82, 2.24) is 14.9 Å². The third-order valence-corrected chi connectivity index (χ3v) is 3.90. The number of aryl methyl sites for hydroxylation is 2. The lowest BCUT2D eigenvalue weighted by Gasteiger charge is -2.24. The molecule has 0 aliphatic carbocycles. The Kier molecular flexibility index (Phi) is 4.74. The number of rotatable bonds is 6. The first-order valence-electron chi connectivity index (χ1n) is 6.90. The first-order valence-corrected chi connectivity index (χ1v) is 6.90. The smallest absolute Gasteiger partial charge is 0.108 e. The minimum atomic E-state index is 0.471. The SMILES string of the molecule is CNC(CCc1nccn1C)C(C)c1ccccc1. The van der Waals surface area contributed by atoms with Gasteiger partial charge in [0, 0.05) is 31.9 Å². The molecule has 0 amide bonds. The number of benzene rings is 1. The number of nitrogens with zero attached hydrogens (tertiary/aromatic N) is 2. The first kappa shape index (κ1) is 13.8. The molecule has 2 rings (SSSR count). The van der Waals surface area contributed by atoms with Gasteiger partial charge >= 0.3 is 0 Å². The van der Waals surface area contributed by atoms with E-state index in [1.807, 2.05) is 19.4 Å². The molecule has 19 heavy (non-hydrogen) atoms. The maximum absolute atomic E-state index is 4.39. The lowest BCUT2D eigenvalue weighted by Crippen LogP contribution is -2.31. The van der Waals surface area contributed by atoms with Gasteiger partial charge in [-0.15, -0.1) is 0 Å². The van der Waals surface area contributed by atoms with E-state index in [9.17, 15) is 0 Å². The average molecular weight is 257 g/mol. The molecule has 0 radical (unpaired) electrons. The maximum Gasteiger partial charge on any atom is 0.108 e. The number of imidazole rings is 1. The van der Waals surface area contributed by atoms with Crippen molar-refractivity contribution in [2.24, 2.45) is 7.05 Å². The molecule has 2 unspecified atom stereocenters. The molecule has 0 spiro atoms. The Hall–Kier alpha value is -1.61. The summed E-state index contributed by atoms with van der Waals surface area (Å²) in [7, 11) is 4.10. The molecular weight excluding hydrogens is 234 g/mol. The monoisotopic (exact) mass is 257 g/mol. The van der Waals surface area contributed by atoms with Gasteiger partial charge in [0.15, 0.2) is 0 Å². The molecule has 2 atom stereocenters. The van der Waals surface area contributed by atoms with Gasteiger partial charge in [-0.05, 0) is 24.9 Å². The maximum atomic E-state index is 4.39. The summed E-state index contributed by atoms with van der Waals surface area (Å²) in [6.07, 6.45) is 5.97. The predicted octanol–water partition coefficient (Wildman–Crippen LogP) is 2.74. The van der Waals surface area contributed by atoms with E-state index in [1.54, 1.807) is 0 Å². The van der Waals surface area contributed by atoms with Crippen LogP contribution in [0.1, 0.15) is 30.7 Å². The molecule has 1 N–H and O–H groups in total. The number of likely N-dealkylation sites (N-methyl/N-ethyl adjacent to an activating group) is 1. The van der Waals surface area contributed by atoms with Crippen molar-refractivity contribution < 1.29 is 0 Å². The van der Waals surface area contributed by atoms with Crippen LogP contribution in [0.25, 0.3) is 0 Å². The van der Waals surface area contributed by atoms with Gasteiger partial charge in [0.2, 0.25) is 0 Å². The summed E-state index contributed by atoms with van der Waals surface area (Å²) in [4.78, 5) is 4.39. The lowest BCUT2D eigenvalue weighted by atomic mass is 9.90.